The zero-order chi connectivity index (χ0) is 11.7. The number of ether oxygens (including phenoxy) is 2. The van der Waals surface area contributed by atoms with Crippen LogP contribution in [-0.2, 0) is 9.47 Å². The van der Waals surface area contributed by atoms with Gasteiger partial charge in [-0.2, -0.15) is 0 Å². The van der Waals surface area contributed by atoms with E-state index in [0.29, 0.717) is 25.7 Å². The molecule has 4 heteroatoms. The van der Waals surface area contributed by atoms with Crippen LogP contribution in [-0.4, -0.2) is 50.7 Å². The molecule has 4 nitrogen and oxygen atoms in total. The Morgan fingerprint density at radius 2 is 1.93 bits per heavy atom. The minimum Gasteiger partial charge on any atom is -0.389 e. The lowest BCUT2D eigenvalue weighted by Gasteiger charge is -2.23. The standard InChI is InChI=1S/C11H25NO3/c1-5-15-8-11(9(2)3)12-6-10(13)7-14-4/h9-13H,5-8H2,1-4H3. The average molecular weight is 219 g/mol. The van der Waals surface area contributed by atoms with E-state index in [4.69, 9.17) is 9.47 Å². The molecule has 0 aliphatic rings. The van der Waals surface area contributed by atoms with Gasteiger partial charge in [-0.1, -0.05) is 13.8 Å². The summed E-state index contributed by atoms with van der Waals surface area (Å²) in [5.41, 5.74) is 0. The number of rotatable bonds is 9. The van der Waals surface area contributed by atoms with Gasteiger partial charge in [-0.3, -0.25) is 0 Å². The molecule has 2 atom stereocenters. The molecule has 0 radical (unpaired) electrons. The lowest BCUT2D eigenvalue weighted by Crippen LogP contribution is -2.43. The highest BCUT2D eigenvalue weighted by Crippen LogP contribution is 2.02. The van der Waals surface area contributed by atoms with Crippen molar-refractivity contribution in [1.82, 2.24) is 5.32 Å². The van der Waals surface area contributed by atoms with Gasteiger partial charge in [-0.25, -0.2) is 0 Å². The van der Waals surface area contributed by atoms with Gasteiger partial charge in [0.25, 0.3) is 0 Å². The van der Waals surface area contributed by atoms with E-state index < -0.39 is 6.10 Å². The predicted octanol–water partition coefficient (Wildman–Crippen LogP) is 0.644. The molecule has 0 amide bonds. The lowest BCUT2D eigenvalue weighted by atomic mass is 10.1. The summed E-state index contributed by atoms with van der Waals surface area (Å²) < 4.78 is 10.2. The molecule has 0 heterocycles. The SMILES string of the molecule is CCOCC(NCC(O)COC)C(C)C. The highest BCUT2D eigenvalue weighted by Gasteiger charge is 2.14. The fraction of sp³-hybridized carbons (Fsp3) is 1.00. The van der Waals surface area contributed by atoms with Gasteiger partial charge in [0.1, 0.15) is 0 Å². The van der Waals surface area contributed by atoms with E-state index in [-0.39, 0.29) is 6.04 Å². The molecule has 0 saturated carbocycles. The lowest BCUT2D eigenvalue weighted by molar-refractivity contribution is 0.0536. The van der Waals surface area contributed by atoms with Gasteiger partial charge >= 0.3 is 0 Å². The first-order valence-electron chi connectivity index (χ1n) is 5.59. The zero-order valence-electron chi connectivity index (χ0n) is 10.3. The Morgan fingerprint density at radius 3 is 2.40 bits per heavy atom. The van der Waals surface area contributed by atoms with Crippen LogP contribution in [0, 0.1) is 5.92 Å². The van der Waals surface area contributed by atoms with Crippen molar-refractivity contribution < 1.29 is 14.6 Å². The smallest absolute Gasteiger partial charge is 0.0897 e. The molecule has 0 aliphatic heterocycles. The monoisotopic (exact) mass is 219 g/mol. The molecule has 0 aliphatic carbocycles. The molecule has 0 aromatic carbocycles. The molecule has 0 saturated heterocycles. The molecule has 0 aromatic rings. The molecule has 0 rings (SSSR count). The number of nitrogens with one attached hydrogen (secondary N) is 1. The van der Waals surface area contributed by atoms with Crippen molar-refractivity contribution in [3.05, 3.63) is 0 Å². The van der Waals surface area contributed by atoms with Crippen molar-refractivity contribution in [2.75, 3.05) is 33.5 Å². The average Bonchev–Trinajstić information content (AvgIpc) is 2.17. The van der Waals surface area contributed by atoms with Crippen LogP contribution in [0.5, 0.6) is 0 Å². The summed E-state index contributed by atoms with van der Waals surface area (Å²) >= 11 is 0. The Kier molecular flexibility index (Phi) is 9.00. The van der Waals surface area contributed by atoms with Crippen LogP contribution in [0.3, 0.4) is 0 Å². The summed E-state index contributed by atoms with van der Waals surface area (Å²) in [7, 11) is 1.59. The maximum absolute atomic E-state index is 9.48. The summed E-state index contributed by atoms with van der Waals surface area (Å²) in [6.45, 7) is 8.59. The minimum absolute atomic E-state index is 0.288. The van der Waals surface area contributed by atoms with Gasteiger partial charge in [0.15, 0.2) is 0 Å². The maximum Gasteiger partial charge on any atom is 0.0897 e. The van der Waals surface area contributed by atoms with E-state index in [1.54, 1.807) is 7.11 Å². The van der Waals surface area contributed by atoms with Crippen LogP contribution in [0.15, 0.2) is 0 Å². The third kappa shape index (κ3) is 7.73. The third-order valence-corrected chi connectivity index (χ3v) is 2.28. The van der Waals surface area contributed by atoms with Crippen LogP contribution in [0.25, 0.3) is 0 Å². The van der Waals surface area contributed by atoms with Crippen molar-refractivity contribution in [2.24, 2.45) is 5.92 Å². The van der Waals surface area contributed by atoms with Crippen molar-refractivity contribution in [3.63, 3.8) is 0 Å². The molecule has 92 valence electrons. The molecular weight excluding hydrogens is 194 g/mol. The minimum atomic E-state index is -0.446. The molecule has 2 unspecified atom stereocenters. The summed E-state index contributed by atoms with van der Waals surface area (Å²) in [5, 5.41) is 12.8. The second-order valence-corrected chi connectivity index (χ2v) is 4.03. The first kappa shape index (κ1) is 14.8. The number of methoxy groups -OCH3 is 1. The first-order chi connectivity index (χ1) is 7.11. The molecule has 0 aromatic heterocycles. The van der Waals surface area contributed by atoms with Gasteiger partial charge in [0.05, 0.1) is 19.3 Å². The fourth-order valence-electron chi connectivity index (χ4n) is 1.27. The van der Waals surface area contributed by atoms with E-state index in [2.05, 4.69) is 19.2 Å². The Hall–Kier alpha value is -0.160. The van der Waals surface area contributed by atoms with Gasteiger partial charge in [0.2, 0.25) is 0 Å². The van der Waals surface area contributed by atoms with E-state index in [0.717, 1.165) is 6.61 Å². The normalized spacial score (nSPS) is 15.6. The highest BCUT2D eigenvalue weighted by atomic mass is 16.5. The first-order valence-corrected chi connectivity index (χ1v) is 5.59. The second-order valence-electron chi connectivity index (χ2n) is 4.03. The molecule has 0 bridgehead atoms. The summed E-state index contributed by atoms with van der Waals surface area (Å²) in [5.74, 6) is 0.492. The molecular formula is C11H25NO3. The molecule has 0 fully saturated rings. The largest absolute Gasteiger partial charge is 0.389 e. The summed E-state index contributed by atoms with van der Waals surface area (Å²) in [6, 6.07) is 0.288. The quantitative estimate of drug-likeness (QED) is 0.597. The maximum atomic E-state index is 9.48. The number of hydrogen-bond donors (Lipinski definition) is 2. The van der Waals surface area contributed by atoms with E-state index in [1.165, 1.54) is 0 Å². The summed E-state index contributed by atoms with van der Waals surface area (Å²) in [4.78, 5) is 0. The highest BCUT2D eigenvalue weighted by molar-refractivity contribution is 4.72. The predicted molar refractivity (Wildman–Crippen MR) is 61.0 cm³/mol. The Labute approximate surface area is 93.0 Å². The number of aliphatic hydroxyl groups excluding tert-OH is 1. The van der Waals surface area contributed by atoms with Crippen molar-refractivity contribution in [1.29, 1.82) is 0 Å². The van der Waals surface area contributed by atoms with Crippen molar-refractivity contribution in [2.45, 2.75) is 32.9 Å². The second kappa shape index (κ2) is 9.09. The van der Waals surface area contributed by atoms with Gasteiger partial charge in [-0.15, -0.1) is 0 Å². The van der Waals surface area contributed by atoms with E-state index in [9.17, 15) is 5.11 Å². The van der Waals surface area contributed by atoms with Crippen molar-refractivity contribution in [3.8, 4) is 0 Å². The molecule has 15 heavy (non-hydrogen) atoms. The van der Waals surface area contributed by atoms with E-state index in [1.807, 2.05) is 6.92 Å². The number of aliphatic hydroxyl groups is 1. The van der Waals surface area contributed by atoms with Crippen LogP contribution in [0.1, 0.15) is 20.8 Å². The number of hydrogen-bond acceptors (Lipinski definition) is 4. The fourth-order valence-corrected chi connectivity index (χ4v) is 1.27. The zero-order valence-corrected chi connectivity index (χ0v) is 10.3. The Balaban J connectivity index is 3.74. The van der Waals surface area contributed by atoms with Gasteiger partial charge in [0, 0.05) is 26.3 Å². The van der Waals surface area contributed by atoms with Gasteiger partial charge in [-0.05, 0) is 12.8 Å². The Bertz CT molecular complexity index is 142. The Morgan fingerprint density at radius 1 is 1.27 bits per heavy atom. The molecule has 2 N–H and O–H groups in total. The topological polar surface area (TPSA) is 50.7 Å². The third-order valence-electron chi connectivity index (χ3n) is 2.28. The van der Waals surface area contributed by atoms with Crippen LogP contribution in [0.2, 0.25) is 0 Å². The molecule has 0 spiro atoms. The van der Waals surface area contributed by atoms with Gasteiger partial charge < -0.3 is 19.9 Å². The van der Waals surface area contributed by atoms with Crippen molar-refractivity contribution >= 4 is 0 Å². The van der Waals surface area contributed by atoms with Crippen LogP contribution >= 0.6 is 0 Å². The van der Waals surface area contributed by atoms with Crippen LogP contribution in [0.4, 0.5) is 0 Å². The van der Waals surface area contributed by atoms with Crippen LogP contribution < -0.4 is 5.32 Å². The summed E-state index contributed by atoms with van der Waals surface area (Å²) in [6.07, 6.45) is -0.446. The van der Waals surface area contributed by atoms with E-state index >= 15 is 0 Å².